The van der Waals surface area contributed by atoms with E-state index in [0.717, 1.165) is 7.11 Å². The van der Waals surface area contributed by atoms with Crippen LogP contribution in [-0.4, -0.2) is 69.0 Å². The molecular formula is C25H27O8P. The molecule has 180 valence electrons. The van der Waals surface area contributed by atoms with Crippen molar-refractivity contribution in [2.75, 3.05) is 7.11 Å². The standard InChI is InChI=1S/C18H15P.C7H12O8/c1-4-10-16(11-5-1)19(17-12-6-2-7-13-17)18-14-8-3-9-15-18;1-15-7(14)5(11)3(9)2(8)4(10)6(12)13/h1-15H;2-5,8-11H,1H3,(H,12,13). The Morgan fingerprint density at radius 3 is 1.26 bits per heavy atom. The second-order valence-electron chi connectivity index (χ2n) is 7.07. The zero-order valence-electron chi connectivity index (χ0n) is 18.4. The number of carboxylic acid groups (broad SMARTS) is 1. The van der Waals surface area contributed by atoms with Crippen molar-refractivity contribution in [2.45, 2.75) is 24.4 Å². The van der Waals surface area contributed by atoms with Crippen molar-refractivity contribution in [2.24, 2.45) is 0 Å². The summed E-state index contributed by atoms with van der Waals surface area (Å²) in [6.45, 7) is 0. The molecule has 34 heavy (non-hydrogen) atoms. The molecule has 0 aromatic heterocycles. The molecule has 5 N–H and O–H groups in total. The molecule has 0 fully saturated rings. The van der Waals surface area contributed by atoms with Crippen molar-refractivity contribution in [1.82, 2.24) is 0 Å². The first-order chi connectivity index (χ1) is 16.3. The predicted molar refractivity (Wildman–Crippen MR) is 129 cm³/mol. The Labute approximate surface area is 198 Å². The fraction of sp³-hybridized carbons (Fsp3) is 0.200. The molecule has 0 aliphatic carbocycles. The summed E-state index contributed by atoms with van der Waals surface area (Å²) in [6, 6.07) is 32.3. The topological polar surface area (TPSA) is 145 Å². The lowest BCUT2D eigenvalue weighted by Gasteiger charge is -2.22. The Balaban J connectivity index is 0.000000249. The number of hydrogen-bond acceptors (Lipinski definition) is 7. The van der Waals surface area contributed by atoms with Crippen molar-refractivity contribution in [3.63, 3.8) is 0 Å². The van der Waals surface area contributed by atoms with Gasteiger partial charge >= 0.3 is 11.9 Å². The second-order valence-corrected chi connectivity index (χ2v) is 9.29. The van der Waals surface area contributed by atoms with Gasteiger partial charge in [0, 0.05) is 0 Å². The maximum Gasteiger partial charge on any atom is 0.337 e. The predicted octanol–water partition coefficient (Wildman–Crippen LogP) is 0.132. The monoisotopic (exact) mass is 486 g/mol. The van der Waals surface area contributed by atoms with Crippen molar-refractivity contribution in [3.05, 3.63) is 91.0 Å². The molecule has 9 heteroatoms. The van der Waals surface area contributed by atoms with E-state index in [1.54, 1.807) is 0 Å². The molecule has 3 rings (SSSR count). The number of benzene rings is 3. The summed E-state index contributed by atoms with van der Waals surface area (Å²) in [5, 5.41) is 48.4. The number of aliphatic carboxylic acids is 1. The molecule has 3 aromatic rings. The number of rotatable bonds is 8. The summed E-state index contributed by atoms with van der Waals surface area (Å²) < 4.78 is 4.03. The minimum atomic E-state index is -2.31. The van der Waals surface area contributed by atoms with Gasteiger partial charge in [0.25, 0.3) is 0 Å². The number of carbonyl (C=O) groups excluding carboxylic acids is 1. The number of carbonyl (C=O) groups is 2. The highest BCUT2D eigenvalue weighted by atomic mass is 31.1. The number of aliphatic hydroxyl groups excluding tert-OH is 4. The quantitative estimate of drug-likeness (QED) is 0.223. The van der Waals surface area contributed by atoms with Gasteiger partial charge in [0.15, 0.2) is 12.2 Å². The molecular weight excluding hydrogens is 459 g/mol. The third kappa shape index (κ3) is 7.45. The Bertz CT molecular complexity index is 923. The lowest BCUT2D eigenvalue weighted by Crippen LogP contribution is -2.50. The van der Waals surface area contributed by atoms with Crippen LogP contribution in [0.2, 0.25) is 0 Å². The van der Waals surface area contributed by atoms with Gasteiger partial charge in [0.1, 0.15) is 12.2 Å². The molecule has 0 bridgehead atoms. The second kappa shape index (κ2) is 13.5. The SMILES string of the molecule is COC(=O)C(O)C(O)C(O)C(O)C(=O)O.c1ccc(P(c2ccccc2)c2ccccc2)cc1. The average molecular weight is 486 g/mol. The van der Waals surface area contributed by atoms with E-state index in [1.807, 2.05) is 0 Å². The molecule has 0 aliphatic rings. The van der Waals surface area contributed by atoms with E-state index in [0.29, 0.717) is 0 Å². The highest BCUT2D eigenvalue weighted by Gasteiger charge is 2.37. The van der Waals surface area contributed by atoms with E-state index < -0.39 is 44.3 Å². The summed E-state index contributed by atoms with van der Waals surface area (Å²) in [4.78, 5) is 20.9. The molecule has 0 amide bonds. The average Bonchev–Trinajstić information content (AvgIpc) is 2.88. The fourth-order valence-corrected chi connectivity index (χ4v) is 5.26. The zero-order valence-corrected chi connectivity index (χ0v) is 19.3. The van der Waals surface area contributed by atoms with Crippen LogP contribution in [0.1, 0.15) is 0 Å². The Kier molecular flexibility index (Phi) is 10.8. The third-order valence-corrected chi connectivity index (χ3v) is 7.18. The van der Waals surface area contributed by atoms with Gasteiger partial charge in [-0.05, 0) is 23.8 Å². The summed E-state index contributed by atoms with van der Waals surface area (Å²) in [5.41, 5.74) is 0. The number of methoxy groups -OCH3 is 1. The number of aliphatic hydroxyl groups is 4. The first-order valence-electron chi connectivity index (χ1n) is 10.3. The zero-order chi connectivity index (χ0) is 25.1. The molecule has 4 atom stereocenters. The van der Waals surface area contributed by atoms with E-state index in [9.17, 15) is 9.59 Å². The molecule has 0 saturated heterocycles. The molecule has 0 radical (unpaired) electrons. The van der Waals surface area contributed by atoms with Crippen LogP contribution in [0.15, 0.2) is 91.0 Å². The van der Waals surface area contributed by atoms with Gasteiger partial charge in [-0.2, -0.15) is 0 Å². The maximum absolute atomic E-state index is 10.7. The normalized spacial score (nSPS) is 14.2. The van der Waals surface area contributed by atoms with E-state index in [2.05, 4.69) is 95.7 Å². The number of hydrogen-bond donors (Lipinski definition) is 5. The van der Waals surface area contributed by atoms with Crippen LogP contribution < -0.4 is 15.9 Å². The van der Waals surface area contributed by atoms with Crippen molar-refractivity contribution in [1.29, 1.82) is 0 Å². The minimum absolute atomic E-state index is 0.446. The van der Waals surface area contributed by atoms with Crippen LogP contribution in [0, 0.1) is 0 Å². The highest BCUT2D eigenvalue weighted by molar-refractivity contribution is 7.79. The summed E-state index contributed by atoms with van der Waals surface area (Å²) in [7, 11) is 0.483. The highest BCUT2D eigenvalue weighted by Crippen LogP contribution is 2.32. The summed E-state index contributed by atoms with van der Waals surface area (Å²) in [5.74, 6) is -3.04. The largest absolute Gasteiger partial charge is 0.479 e. The number of carboxylic acids is 1. The molecule has 0 spiro atoms. The molecule has 8 nitrogen and oxygen atoms in total. The van der Waals surface area contributed by atoms with Gasteiger partial charge in [-0.1, -0.05) is 91.0 Å². The van der Waals surface area contributed by atoms with Gasteiger partial charge in [-0.3, -0.25) is 0 Å². The van der Waals surface area contributed by atoms with Crippen LogP contribution in [0.5, 0.6) is 0 Å². The van der Waals surface area contributed by atoms with E-state index in [-0.39, 0.29) is 0 Å². The molecule has 3 aromatic carbocycles. The van der Waals surface area contributed by atoms with Gasteiger partial charge < -0.3 is 30.3 Å². The number of esters is 1. The van der Waals surface area contributed by atoms with Gasteiger partial charge in [0.05, 0.1) is 7.11 Å². The van der Waals surface area contributed by atoms with Gasteiger partial charge in [-0.25, -0.2) is 9.59 Å². The Morgan fingerprint density at radius 1 is 0.647 bits per heavy atom. The van der Waals surface area contributed by atoms with Crippen molar-refractivity contribution < 1.29 is 39.9 Å². The first-order valence-corrected chi connectivity index (χ1v) is 11.6. The Morgan fingerprint density at radius 2 is 0.971 bits per heavy atom. The lowest BCUT2D eigenvalue weighted by molar-refractivity contribution is -0.174. The molecule has 0 aliphatic heterocycles. The van der Waals surface area contributed by atoms with Crippen molar-refractivity contribution >= 4 is 35.8 Å². The first kappa shape index (κ1) is 27.1. The smallest absolute Gasteiger partial charge is 0.337 e. The van der Waals surface area contributed by atoms with Gasteiger partial charge in [0.2, 0.25) is 0 Å². The van der Waals surface area contributed by atoms with Crippen LogP contribution >= 0.6 is 7.92 Å². The van der Waals surface area contributed by atoms with Crippen LogP contribution in [-0.2, 0) is 14.3 Å². The van der Waals surface area contributed by atoms with E-state index >= 15 is 0 Å². The van der Waals surface area contributed by atoms with Crippen LogP contribution in [0.3, 0.4) is 0 Å². The summed E-state index contributed by atoms with van der Waals surface area (Å²) >= 11 is 0. The van der Waals surface area contributed by atoms with E-state index in [4.69, 9.17) is 25.5 Å². The molecule has 4 unspecified atom stereocenters. The third-order valence-electron chi connectivity index (χ3n) is 4.74. The fourth-order valence-electron chi connectivity index (χ4n) is 2.96. The Hall–Kier alpha value is -3.13. The summed E-state index contributed by atoms with van der Waals surface area (Å²) in [6.07, 6.45) is -8.78. The van der Waals surface area contributed by atoms with Crippen LogP contribution in [0.25, 0.3) is 0 Å². The van der Waals surface area contributed by atoms with Gasteiger partial charge in [-0.15, -0.1) is 0 Å². The van der Waals surface area contributed by atoms with Crippen molar-refractivity contribution in [3.8, 4) is 0 Å². The van der Waals surface area contributed by atoms with E-state index in [1.165, 1.54) is 15.9 Å². The molecule has 0 saturated carbocycles. The number of ether oxygens (including phenoxy) is 1. The maximum atomic E-state index is 10.7. The molecule has 0 heterocycles. The van der Waals surface area contributed by atoms with Crippen LogP contribution in [0.4, 0.5) is 0 Å². The minimum Gasteiger partial charge on any atom is -0.479 e. The lowest BCUT2D eigenvalue weighted by atomic mass is 10.0.